The molecule has 0 saturated heterocycles. The van der Waals surface area contributed by atoms with Crippen LogP contribution in [0.15, 0.2) is 39.2 Å². The fraction of sp³-hybridized carbons (Fsp3) is 0.500. The van der Waals surface area contributed by atoms with Crippen molar-refractivity contribution in [2.75, 3.05) is 13.6 Å². The van der Waals surface area contributed by atoms with Crippen LogP contribution in [0.5, 0.6) is 0 Å². The molecule has 5 heteroatoms. The monoisotopic (exact) mass is 305 g/mol. The average Bonchev–Trinajstić information content (AvgIpc) is 3.31. The molecule has 0 spiro atoms. The van der Waals surface area contributed by atoms with Gasteiger partial charge in [0.15, 0.2) is 0 Å². The first-order valence-electron chi connectivity index (χ1n) is 7.08. The highest BCUT2D eigenvalue weighted by Gasteiger charge is 2.43. The lowest BCUT2D eigenvalue weighted by Crippen LogP contribution is -2.38. The van der Waals surface area contributed by atoms with Crippen LogP contribution in [0.25, 0.3) is 0 Å². The quantitative estimate of drug-likeness (QED) is 0.635. The van der Waals surface area contributed by atoms with Crippen LogP contribution in [-0.2, 0) is 5.60 Å². The third-order valence-corrected chi connectivity index (χ3v) is 4.30. The van der Waals surface area contributed by atoms with Crippen LogP contribution in [0.3, 0.4) is 0 Å². The summed E-state index contributed by atoms with van der Waals surface area (Å²) in [6.45, 7) is 2.31. The van der Waals surface area contributed by atoms with Crippen LogP contribution in [-0.4, -0.2) is 31.0 Å². The zero-order valence-electron chi connectivity index (χ0n) is 12.3. The lowest BCUT2D eigenvalue weighted by Gasteiger charge is -2.33. The van der Waals surface area contributed by atoms with E-state index in [1.165, 1.54) is 6.34 Å². The first-order chi connectivity index (χ1) is 10.1. The maximum Gasteiger partial charge on any atom is 0.121 e. The largest absolute Gasteiger partial charge is 0.383 e. The molecule has 21 heavy (non-hydrogen) atoms. The summed E-state index contributed by atoms with van der Waals surface area (Å²) in [5, 5.41) is 11.8. The summed E-state index contributed by atoms with van der Waals surface area (Å²) in [5.41, 5.74) is -0.182. The number of hydrogen-bond donors (Lipinski definition) is 1. The van der Waals surface area contributed by atoms with Crippen molar-refractivity contribution in [2.45, 2.75) is 25.4 Å². The molecule has 2 unspecified atom stereocenters. The van der Waals surface area contributed by atoms with Crippen molar-refractivity contribution >= 4 is 23.9 Å². The summed E-state index contributed by atoms with van der Waals surface area (Å²) in [7, 11) is 1.63. The summed E-state index contributed by atoms with van der Waals surface area (Å²) in [5.74, 6) is 0.680. The van der Waals surface area contributed by atoms with E-state index in [4.69, 9.17) is 11.6 Å². The molecule has 1 aliphatic rings. The minimum absolute atomic E-state index is 0.129. The number of hydrogen-bond acceptors (Lipinski definition) is 3. The fourth-order valence-electron chi connectivity index (χ4n) is 2.50. The minimum atomic E-state index is -1.02. The zero-order valence-corrected chi connectivity index (χ0v) is 13.1. The standard InChI is InChI=1S/C16H20ClN3O/c1-12(13-3-4-13)16(21,9-19-11-20-10-18-2)14-5-7-15(17)8-6-14/h5-8,10,12-13,21H,3-4,9H2,1-2H3. The van der Waals surface area contributed by atoms with Crippen molar-refractivity contribution in [1.82, 2.24) is 0 Å². The van der Waals surface area contributed by atoms with E-state index in [9.17, 15) is 5.11 Å². The maximum atomic E-state index is 11.2. The van der Waals surface area contributed by atoms with Gasteiger partial charge in [-0.1, -0.05) is 30.7 Å². The number of aliphatic hydroxyl groups is 1. The second-order valence-electron chi connectivity index (χ2n) is 5.48. The third-order valence-electron chi connectivity index (χ3n) is 4.05. The summed E-state index contributed by atoms with van der Waals surface area (Å²) in [6.07, 6.45) is 3.70. The van der Waals surface area contributed by atoms with E-state index in [1.807, 2.05) is 12.1 Å². The summed E-state index contributed by atoms with van der Waals surface area (Å²) in [4.78, 5) is 11.6. The van der Waals surface area contributed by atoms with Crippen LogP contribution in [0.2, 0.25) is 5.02 Å². The van der Waals surface area contributed by atoms with Gasteiger partial charge in [0.05, 0.1) is 12.6 Å². The minimum Gasteiger partial charge on any atom is -0.383 e. The second-order valence-corrected chi connectivity index (χ2v) is 5.91. The molecule has 2 atom stereocenters. The van der Waals surface area contributed by atoms with Gasteiger partial charge in [-0.25, -0.2) is 4.99 Å². The second kappa shape index (κ2) is 6.99. The highest BCUT2D eigenvalue weighted by Crippen LogP contribution is 2.46. The Morgan fingerprint density at radius 2 is 2.10 bits per heavy atom. The van der Waals surface area contributed by atoms with E-state index < -0.39 is 5.60 Å². The van der Waals surface area contributed by atoms with Crippen molar-refractivity contribution in [1.29, 1.82) is 0 Å². The number of benzene rings is 1. The number of rotatable bonds is 6. The first-order valence-corrected chi connectivity index (χ1v) is 7.46. The molecule has 1 N–H and O–H groups in total. The van der Waals surface area contributed by atoms with Crippen molar-refractivity contribution < 1.29 is 5.11 Å². The van der Waals surface area contributed by atoms with Gasteiger partial charge in [0, 0.05) is 12.1 Å². The molecule has 112 valence electrons. The van der Waals surface area contributed by atoms with E-state index in [0.29, 0.717) is 10.9 Å². The van der Waals surface area contributed by atoms with Gasteiger partial charge in [-0.05, 0) is 42.4 Å². The molecular formula is C16H20ClN3O. The van der Waals surface area contributed by atoms with Crippen molar-refractivity contribution in [3.8, 4) is 0 Å². The highest BCUT2D eigenvalue weighted by molar-refractivity contribution is 6.30. The lowest BCUT2D eigenvalue weighted by atomic mass is 9.79. The Balaban J connectivity index is 2.25. The zero-order chi connectivity index (χ0) is 15.3. The molecule has 2 rings (SSSR count). The molecule has 0 aliphatic heterocycles. The van der Waals surface area contributed by atoms with Crippen molar-refractivity contribution in [2.24, 2.45) is 26.8 Å². The first kappa shape index (κ1) is 15.9. The smallest absolute Gasteiger partial charge is 0.121 e. The Labute approximate surface area is 130 Å². The number of halogens is 1. The molecular weight excluding hydrogens is 286 g/mol. The topological polar surface area (TPSA) is 57.3 Å². The molecule has 0 bridgehead atoms. The van der Waals surface area contributed by atoms with Crippen LogP contribution in [0.4, 0.5) is 0 Å². The van der Waals surface area contributed by atoms with Gasteiger partial charge in [0.25, 0.3) is 0 Å². The molecule has 0 aromatic heterocycles. The molecule has 0 heterocycles. The molecule has 1 aliphatic carbocycles. The van der Waals surface area contributed by atoms with Crippen LogP contribution >= 0.6 is 11.6 Å². The molecule has 1 aromatic rings. The highest BCUT2D eigenvalue weighted by atomic mass is 35.5. The average molecular weight is 306 g/mol. The van der Waals surface area contributed by atoms with Gasteiger partial charge >= 0.3 is 0 Å². The van der Waals surface area contributed by atoms with Crippen LogP contribution in [0, 0.1) is 11.8 Å². The predicted molar refractivity (Wildman–Crippen MR) is 86.4 cm³/mol. The fourth-order valence-corrected chi connectivity index (χ4v) is 2.63. The van der Waals surface area contributed by atoms with Gasteiger partial charge < -0.3 is 5.11 Å². The Bertz CT molecular complexity index is 559. The summed E-state index contributed by atoms with van der Waals surface area (Å²) >= 11 is 5.93. The van der Waals surface area contributed by atoms with Gasteiger partial charge in [0.1, 0.15) is 11.9 Å². The Morgan fingerprint density at radius 1 is 1.43 bits per heavy atom. The molecule has 0 radical (unpaired) electrons. The molecule has 1 saturated carbocycles. The summed E-state index contributed by atoms with van der Waals surface area (Å²) in [6, 6.07) is 9.87. The normalized spacial score (nSPS) is 18.9. The van der Waals surface area contributed by atoms with Crippen molar-refractivity contribution in [3.05, 3.63) is 34.9 Å². The number of aliphatic imine (C=N–C) groups is 3. The third kappa shape index (κ3) is 4.01. The Kier molecular flexibility index (Phi) is 5.29. The SMILES string of the molecule is CN=CN=C=NCC(O)(c1ccc(Cl)cc1)C(C)C1CC1. The Hall–Kier alpha value is -1.48. The van der Waals surface area contributed by atoms with Gasteiger partial charge in [0.2, 0.25) is 0 Å². The number of nitrogens with zero attached hydrogens (tertiary/aromatic N) is 3. The van der Waals surface area contributed by atoms with E-state index in [-0.39, 0.29) is 12.5 Å². The van der Waals surface area contributed by atoms with E-state index >= 15 is 0 Å². The van der Waals surface area contributed by atoms with Crippen molar-refractivity contribution in [3.63, 3.8) is 0 Å². The van der Waals surface area contributed by atoms with E-state index in [0.717, 1.165) is 18.4 Å². The summed E-state index contributed by atoms with van der Waals surface area (Å²) < 4.78 is 0. The predicted octanol–water partition coefficient (Wildman–Crippen LogP) is 3.41. The van der Waals surface area contributed by atoms with Crippen LogP contribution < -0.4 is 0 Å². The Morgan fingerprint density at radius 3 is 2.67 bits per heavy atom. The molecule has 1 aromatic carbocycles. The van der Waals surface area contributed by atoms with E-state index in [2.05, 4.69) is 27.9 Å². The molecule has 1 fully saturated rings. The van der Waals surface area contributed by atoms with Gasteiger partial charge in [-0.15, -0.1) is 0 Å². The lowest BCUT2D eigenvalue weighted by molar-refractivity contribution is -0.0167. The van der Waals surface area contributed by atoms with E-state index in [1.54, 1.807) is 19.2 Å². The van der Waals surface area contributed by atoms with Gasteiger partial charge in [-0.2, -0.15) is 4.99 Å². The molecule has 0 amide bonds. The van der Waals surface area contributed by atoms with Crippen LogP contribution in [0.1, 0.15) is 25.3 Å². The maximum absolute atomic E-state index is 11.2. The van der Waals surface area contributed by atoms with Gasteiger partial charge in [-0.3, -0.25) is 4.99 Å². The molecule has 4 nitrogen and oxygen atoms in total.